The van der Waals surface area contributed by atoms with Crippen LogP contribution >= 0.6 is 0 Å². The number of furan rings is 1. The average molecular weight is 651 g/mol. The van der Waals surface area contributed by atoms with Gasteiger partial charge in [0.05, 0.1) is 27.8 Å². The van der Waals surface area contributed by atoms with Crippen molar-refractivity contribution in [2.45, 2.75) is 0 Å². The van der Waals surface area contributed by atoms with Crippen LogP contribution in [0.5, 0.6) is 0 Å². The number of para-hydroxylation sites is 4. The number of benzene rings is 8. The molecule has 0 saturated carbocycles. The van der Waals surface area contributed by atoms with Gasteiger partial charge in [-0.25, -0.2) is 0 Å². The van der Waals surface area contributed by atoms with Gasteiger partial charge in [-0.1, -0.05) is 133 Å². The molecular formula is C48H30N2O. The first-order valence-electron chi connectivity index (χ1n) is 17.4. The summed E-state index contributed by atoms with van der Waals surface area (Å²) in [5, 5.41) is 7.17. The summed E-state index contributed by atoms with van der Waals surface area (Å²) in [4.78, 5) is 0. The molecule has 0 aliphatic rings. The first-order chi connectivity index (χ1) is 25.3. The summed E-state index contributed by atoms with van der Waals surface area (Å²) in [5.74, 6) is 0. The third-order valence-corrected chi connectivity index (χ3v) is 10.5. The lowest BCUT2D eigenvalue weighted by Crippen LogP contribution is -1.97. The van der Waals surface area contributed by atoms with E-state index in [1.165, 1.54) is 54.8 Å². The molecule has 3 heterocycles. The van der Waals surface area contributed by atoms with Gasteiger partial charge in [-0.3, -0.25) is 0 Å². The van der Waals surface area contributed by atoms with Crippen LogP contribution in [0, 0.1) is 0 Å². The summed E-state index contributed by atoms with van der Waals surface area (Å²) in [6.45, 7) is 0. The monoisotopic (exact) mass is 650 g/mol. The topological polar surface area (TPSA) is 23.0 Å². The summed E-state index contributed by atoms with van der Waals surface area (Å²) in [7, 11) is 0. The van der Waals surface area contributed by atoms with E-state index in [-0.39, 0.29) is 0 Å². The molecule has 3 aromatic heterocycles. The summed E-state index contributed by atoms with van der Waals surface area (Å²) in [6.07, 6.45) is 0. The second kappa shape index (κ2) is 10.8. The van der Waals surface area contributed by atoms with E-state index in [1.54, 1.807) is 0 Å². The molecule has 0 amide bonds. The maximum absolute atomic E-state index is 6.59. The highest BCUT2D eigenvalue weighted by Gasteiger charge is 2.20. The van der Waals surface area contributed by atoms with Gasteiger partial charge < -0.3 is 13.6 Å². The van der Waals surface area contributed by atoms with Gasteiger partial charge in [0, 0.05) is 38.0 Å². The molecule has 0 atom stereocenters. The Morgan fingerprint density at radius 1 is 0.353 bits per heavy atom. The molecule has 11 aromatic rings. The molecule has 238 valence electrons. The number of hydrogen-bond donors (Lipinski definition) is 0. The summed E-state index contributed by atoms with van der Waals surface area (Å²) < 4.78 is 11.4. The van der Waals surface area contributed by atoms with E-state index in [9.17, 15) is 0 Å². The van der Waals surface area contributed by atoms with Gasteiger partial charge in [0.25, 0.3) is 0 Å². The van der Waals surface area contributed by atoms with Crippen molar-refractivity contribution in [2.24, 2.45) is 0 Å². The summed E-state index contributed by atoms with van der Waals surface area (Å²) >= 11 is 0. The lowest BCUT2D eigenvalue weighted by atomic mass is 9.96. The fraction of sp³-hybridized carbons (Fsp3) is 0. The van der Waals surface area contributed by atoms with Crippen molar-refractivity contribution in [1.29, 1.82) is 0 Å². The van der Waals surface area contributed by atoms with Crippen LogP contribution in [0.4, 0.5) is 0 Å². The molecular weight excluding hydrogens is 621 g/mol. The van der Waals surface area contributed by atoms with Crippen molar-refractivity contribution < 1.29 is 4.42 Å². The minimum Gasteiger partial charge on any atom is -0.454 e. The molecule has 0 N–H and O–H groups in total. The quantitative estimate of drug-likeness (QED) is 0.186. The highest BCUT2D eigenvalue weighted by atomic mass is 16.3. The van der Waals surface area contributed by atoms with E-state index in [0.717, 1.165) is 44.3 Å². The summed E-state index contributed by atoms with van der Waals surface area (Å²) in [6, 6.07) is 65.5. The van der Waals surface area contributed by atoms with E-state index in [4.69, 9.17) is 4.42 Å². The Morgan fingerprint density at radius 3 is 1.86 bits per heavy atom. The molecule has 0 bridgehead atoms. The van der Waals surface area contributed by atoms with Crippen LogP contribution in [0.2, 0.25) is 0 Å². The van der Waals surface area contributed by atoms with Crippen molar-refractivity contribution in [3.63, 3.8) is 0 Å². The largest absolute Gasteiger partial charge is 0.454 e. The van der Waals surface area contributed by atoms with Crippen molar-refractivity contribution in [3.8, 4) is 33.6 Å². The normalized spacial score (nSPS) is 11.9. The average Bonchev–Trinajstić information content (AvgIpc) is 3.86. The molecule has 11 rings (SSSR count). The zero-order valence-electron chi connectivity index (χ0n) is 27.6. The zero-order valence-corrected chi connectivity index (χ0v) is 27.6. The van der Waals surface area contributed by atoms with Gasteiger partial charge >= 0.3 is 0 Å². The molecule has 0 fully saturated rings. The van der Waals surface area contributed by atoms with Crippen LogP contribution in [-0.2, 0) is 0 Å². The first-order valence-corrected chi connectivity index (χ1v) is 17.4. The van der Waals surface area contributed by atoms with E-state index in [0.29, 0.717) is 0 Å². The fourth-order valence-corrected chi connectivity index (χ4v) is 8.30. The summed E-state index contributed by atoms with van der Waals surface area (Å²) in [5.41, 5.74) is 13.5. The fourth-order valence-electron chi connectivity index (χ4n) is 8.30. The first kappa shape index (κ1) is 28.0. The number of aromatic nitrogens is 2. The van der Waals surface area contributed by atoms with Gasteiger partial charge in [-0.05, 0) is 70.8 Å². The van der Waals surface area contributed by atoms with Gasteiger partial charge in [0.1, 0.15) is 5.58 Å². The van der Waals surface area contributed by atoms with Gasteiger partial charge in [0.2, 0.25) is 0 Å². The smallest absolute Gasteiger partial charge is 0.159 e. The Balaban J connectivity index is 1.18. The zero-order chi connectivity index (χ0) is 33.5. The maximum Gasteiger partial charge on any atom is 0.159 e. The molecule has 0 unspecified atom stereocenters. The standard InChI is InChI=1S/C48H30N2O/c1-2-13-31(14-3-1)32-15-10-16-33(29-32)35-20-11-24-43-47(35)40-19-5-8-23-42(40)49(43)34-27-28-37-36-17-4-7-22-41(36)50(45(37)30-34)44-25-12-21-39-38-18-6-9-26-46(38)51-48(39)44/h1-30H. The lowest BCUT2D eigenvalue weighted by Gasteiger charge is -2.12. The van der Waals surface area contributed by atoms with Crippen LogP contribution in [0.15, 0.2) is 186 Å². The molecule has 0 aliphatic carbocycles. The third kappa shape index (κ3) is 4.12. The van der Waals surface area contributed by atoms with Crippen LogP contribution in [0.25, 0.3) is 99.2 Å². The van der Waals surface area contributed by atoms with Crippen molar-refractivity contribution in [2.75, 3.05) is 0 Å². The molecule has 0 aliphatic heterocycles. The van der Waals surface area contributed by atoms with Crippen molar-refractivity contribution in [3.05, 3.63) is 182 Å². The van der Waals surface area contributed by atoms with Crippen LogP contribution in [-0.4, -0.2) is 9.13 Å². The SMILES string of the molecule is c1ccc(-c2cccc(-c3cccc4c3c3ccccc3n4-c3ccc4c5ccccc5n(-c5cccc6c5oc5ccccc56)c4c3)c2)cc1. The van der Waals surface area contributed by atoms with E-state index in [2.05, 4.69) is 185 Å². The Hall–Kier alpha value is -6.84. The van der Waals surface area contributed by atoms with Crippen LogP contribution in [0.3, 0.4) is 0 Å². The van der Waals surface area contributed by atoms with Gasteiger partial charge in [0.15, 0.2) is 5.58 Å². The molecule has 8 aromatic carbocycles. The predicted octanol–water partition coefficient (Wildman–Crippen LogP) is 13.1. The van der Waals surface area contributed by atoms with E-state index < -0.39 is 0 Å². The number of hydrogen-bond acceptors (Lipinski definition) is 1. The Bertz CT molecular complexity index is 3140. The molecule has 0 saturated heterocycles. The van der Waals surface area contributed by atoms with Crippen molar-refractivity contribution in [1.82, 2.24) is 9.13 Å². The lowest BCUT2D eigenvalue weighted by molar-refractivity contribution is 0.666. The number of nitrogens with zero attached hydrogens (tertiary/aromatic N) is 2. The minimum absolute atomic E-state index is 0.894. The molecule has 3 nitrogen and oxygen atoms in total. The maximum atomic E-state index is 6.59. The van der Waals surface area contributed by atoms with Crippen LogP contribution < -0.4 is 0 Å². The highest BCUT2D eigenvalue weighted by molar-refractivity contribution is 6.17. The minimum atomic E-state index is 0.894. The number of rotatable bonds is 4. The van der Waals surface area contributed by atoms with Gasteiger partial charge in [-0.2, -0.15) is 0 Å². The third-order valence-electron chi connectivity index (χ3n) is 10.5. The van der Waals surface area contributed by atoms with Crippen molar-refractivity contribution >= 4 is 65.6 Å². The molecule has 0 spiro atoms. The predicted molar refractivity (Wildman–Crippen MR) is 213 cm³/mol. The number of fused-ring (bicyclic) bond motifs is 9. The Labute approximate surface area is 293 Å². The van der Waals surface area contributed by atoms with E-state index in [1.807, 2.05) is 6.07 Å². The van der Waals surface area contributed by atoms with E-state index >= 15 is 0 Å². The Morgan fingerprint density at radius 2 is 0.980 bits per heavy atom. The highest BCUT2D eigenvalue weighted by Crippen LogP contribution is 2.42. The van der Waals surface area contributed by atoms with Gasteiger partial charge in [-0.15, -0.1) is 0 Å². The second-order valence-corrected chi connectivity index (χ2v) is 13.3. The Kier molecular flexibility index (Phi) is 5.96. The molecule has 51 heavy (non-hydrogen) atoms. The van der Waals surface area contributed by atoms with Crippen LogP contribution in [0.1, 0.15) is 0 Å². The molecule has 3 heteroatoms. The molecule has 0 radical (unpaired) electrons. The second-order valence-electron chi connectivity index (χ2n) is 13.3.